The Morgan fingerprint density at radius 2 is 0.633 bits per heavy atom. The highest BCUT2D eigenvalue weighted by molar-refractivity contribution is 7.60. The van der Waals surface area contributed by atoms with Gasteiger partial charge in [0.15, 0.2) is 0 Å². The fourth-order valence-electron chi connectivity index (χ4n) is 2.66. The third kappa shape index (κ3) is 6.22. The fraction of sp³-hybridized carbons (Fsp3) is 0. The summed E-state index contributed by atoms with van der Waals surface area (Å²) in [6.07, 6.45) is 7.52. The fourth-order valence-corrected chi connectivity index (χ4v) is 3.74. The van der Waals surface area contributed by atoms with Gasteiger partial charge in [-0.1, -0.05) is 72.8 Å². The normalized spacial score (nSPS) is 12.7. The van der Waals surface area contributed by atoms with E-state index in [9.17, 15) is 9.13 Å². The smallest absolute Gasteiger partial charge is 0.321 e. The Bertz CT molecular complexity index is 1060. The highest BCUT2D eigenvalue weighted by Crippen LogP contribution is 2.33. The summed E-state index contributed by atoms with van der Waals surface area (Å²) < 4.78 is 22.4. The van der Waals surface area contributed by atoms with Crippen LogP contribution in [0.2, 0.25) is 0 Å². The molecule has 8 heteroatoms. The van der Waals surface area contributed by atoms with E-state index in [4.69, 9.17) is 19.6 Å². The van der Waals surface area contributed by atoms with Gasteiger partial charge in [0.1, 0.15) is 0 Å². The Labute approximate surface area is 174 Å². The van der Waals surface area contributed by atoms with Crippen molar-refractivity contribution in [3.63, 3.8) is 0 Å². The molecule has 0 aliphatic carbocycles. The standard InChI is InChI=1S/C22H20O6P2/c23-29(24,25)21-13-9-19(10-14-21)7-5-17-1-2-18(4-3-17)6-8-20-11-15-22(16-12-20)30(26,27)28/h1-16H,(H2,23,24,25)(H2,26,27,28)/b7-5+,8-6+. The van der Waals surface area contributed by atoms with Crippen LogP contribution in [0, 0.1) is 0 Å². The molecule has 0 spiro atoms. The molecule has 0 heterocycles. The van der Waals surface area contributed by atoms with E-state index in [1.54, 1.807) is 24.3 Å². The van der Waals surface area contributed by atoms with Crippen LogP contribution >= 0.6 is 15.2 Å². The van der Waals surface area contributed by atoms with Gasteiger partial charge in [-0.05, 0) is 46.5 Å². The van der Waals surface area contributed by atoms with Crippen LogP contribution in [-0.4, -0.2) is 19.6 Å². The molecule has 0 atom stereocenters. The molecule has 154 valence electrons. The molecule has 30 heavy (non-hydrogen) atoms. The van der Waals surface area contributed by atoms with Crippen molar-refractivity contribution < 1.29 is 28.7 Å². The Morgan fingerprint density at radius 1 is 0.433 bits per heavy atom. The van der Waals surface area contributed by atoms with Gasteiger partial charge in [0, 0.05) is 0 Å². The van der Waals surface area contributed by atoms with E-state index < -0.39 is 15.2 Å². The zero-order chi connectivity index (χ0) is 21.8. The average Bonchev–Trinajstić information content (AvgIpc) is 2.71. The minimum absolute atomic E-state index is 0.00726. The minimum Gasteiger partial charge on any atom is -0.321 e. The van der Waals surface area contributed by atoms with Crippen LogP contribution in [-0.2, 0) is 9.13 Å². The van der Waals surface area contributed by atoms with Crippen molar-refractivity contribution in [2.24, 2.45) is 0 Å². The molecule has 0 aromatic heterocycles. The second-order valence-electron chi connectivity index (χ2n) is 6.60. The lowest BCUT2D eigenvalue weighted by Crippen LogP contribution is -2.02. The van der Waals surface area contributed by atoms with Gasteiger partial charge < -0.3 is 19.6 Å². The summed E-state index contributed by atoms with van der Waals surface area (Å²) >= 11 is 0. The number of hydrogen-bond acceptors (Lipinski definition) is 2. The Hall–Kier alpha value is -2.56. The zero-order valence-electron chi connectivity index (χ0n) is 15.7. The van der Waals surface area contributed by atoms with Gasteiger partial charge in [-0.25, -0.2) is 0 Å². The molecule has 0 radical (unpaired) electrons. The topological polar surface area (TPSA) is 115 Å². The van der Waals surface area contributed by atoms with Crippen LogP contribution in [0.5, 0.6) is 0 Å². The van der Waals surface area contributed by atoms with Crippen LogP contribution in [0.3, 0.4) is 0 Å². The van der Waals surface area contributed by atoms with Gasteiger partial charge in [0.2, 0.25) is 0 Å². The summed E-state index contributed by atoms with van der Waals surface area (Å²) in [4.78, 5) is 36.5. The first-order chi connectivity index (χ1) is 14.1. The molecule has 3 aromatic carbocycles. The predicted octanol–water partition coefficient (Wildman–Crippen LogP) is 3.63. The lowest BCUT2D eigenvalue weighted by atomic mass is 10.1. The van der Waals surface area contributed by atoms with E-state index in [0.29, 0.717) is 0 Å². The average molecular weight is 442 g/mol. The highest BCUT2D eigenvalue weighted by Gasteiger charge is 2.16. The maximum absolute atomic E-state index is 11.2. The van der Waals surface area contributed by atoms with Crippen LogP contribution in [0.1, 0.15) is 22.3 Å². The molecule has 0 fully saturated rings. The number of rotatable bonds is 6. The van der Waals surface area contributed by atoms with Crippen molar-refractivity contribution in [3.8, 4) is 0 Å². The summed E-state index contributed by atoms with van der Waals surface area (Å²) in [6, 6.07) is 20.0. The number of benzene rings is 3. The molecule has 0 saturated carbocycles. The summed E-state index contributed by atoms with van der Waals surface area (Å²) in [7, 11) is -8.45. The second-order valence-corrected chi connectivity index (χ2v) is 9.81. The van der Waals surface area contributed by atoms with E-state index >= 15 is 0 Å². The maximum Gasteiger partial charge on any atom is 0.356 e. The van der Waals surface area contributed by atoms with Gasteiger partial charge in [-0.15, -0.1) is 0 Å². The monoisotopic (exact) mass is 442 g/mol. The Balaban J connectivity index is 1.64. The molecular weight excluding hydrogens is 422 g/mol. The molecule has 0 amide bonds. The van der Waals surface area contributed by atoms with E-state index in [1.807, 2.05) is 48.6 Å². The molecule has 0 aliphatic rings. The molecule has 0 unspecified atom stereocenters. The molecule has 3 rings (SSSR count). The van der Waals surface area contributed by atoms with Gasteiger partial charge in [0.05, 0.1) is 10.6 Å². The molecule has 0 saturated heterocycles. The first-order valence-electron chi connectivity index (χ1n) is 8.90. The SMILES string of the molecule is O=P(O)(O)c1ccc(/C=C/c2ccc(/C=C/c3ccc(P(=O)(O)O)cc3)cc2)cc1. The van der Waals surface area contributed by atoms with Crippen LogP contribution in [0.4, 0.5) is 0 Å². The van der Waals surface area contributed by atoms with Crippen LogP contribution in [0.15, 0.2) is 72.8 Å². The highest BCUT2D eigenvalue weighted by atomic mass is 31.2. The van der Waals surface area contributed by atoms with Crippen LogP contribution in [0.25, 0.3) is 24.3 Å². The van der Waals surface area contributed by atoms with Crippen molar-refractivity contribution in [1.29, 1.82) is 0 Å². The molecular formula is C22H20O6P2. The number of hydrogen-bond donors (Lipinski definition) is 4. The predicted molar refractivity (Wildman–Crippen MR) is 121 cm³/mol. The van der Waals surface area contributed by atoms with Gasteiger partial charge in [-0.2, -0.15) is 0 Å². The Kier molecular flexibility index (Phi) is 6.69. The second kappa shape index (κ2) is 9.07. The first kappa shape index (κ1) is 22.1. The van der Waals surface area contributed by atoms with Crippen molar-refractivity contribution >= 4 is 50.1 Å². The largest absolute Gasteiger partial charge is 0.356 e. The summed E-state index contributed by atoms with van der Waals surface area (Å²) in [5.41, 5.74) is 3.60. The third-order valence-electron chi connectivity index (χ3n) is 4.33. The quantitative estimate of drug-likeness (QED) is 0.342. The summed E-state index contributed by atoms with van der Waals surface area (Å²) in [6.45, 7) is 0. The van der Waals surface area contributed by atoms with E-state index in [0.717, 1.165) is 22.3 Å². The summed E-state index contributed by atoms with van der Waals surface area (Å²) in [5, 5.41) is -0.0145. The minimum atomic E-state index is -4.22. The molecule has 4 N–H and O–H groups in total. The van der Waals surface area contributed by atoms with Crippen molar-refractivity contribution in [2.45, 2.75) is 0 Å². The molecule has 3 aromatic rings. The van der Waals surface area contributed by atoms with E-state index in [1.165, 1.54) is 24.3 Å². The van der Waals surface area contributed by atoms with Crippen molar-refractivity contribution in [1.82, 2.24) is 0 Å². The molecule has 0 bridgehead atoms. The Morgan fingerprint density at radius 3 is 0.833 bits per heavy atom. The first-order valence-corrected chi connectivity index (χ1v) is 12.1. The van der Waals surface area contributed by atoms with Gasteiger partial charge >= 0.3 is 15.2 Å². The molecule has 0 aliphatic heterocycles. The third-order valence-corrected chi connectivity index (χ3v) is 6.27. The summed E-state index contributed by atoms with van der Waals surface area (Å²) in [5.74, 6) is 0. The van der Waals surface area contributed by atoms with Crippen molar-refractivity contribution in [2.75, 3.05) is 0 Å². The zero-order valence-corrected chi connectivity index (χ0v) is 17.5. The lowest BCUT2D eigenvalue weighted by molar-refractivity contribution is 0.385. The lowest BCUT2D eigenvalue weighted by Gasteiger charge is -2.03. The maximum atomic E-state index is 11.2. The van der Waals surface area contributed by atoms with E-state index in [-0.39, 0.29) is 10.6 Å². The van der Waals surface area contributed by atoms with Gasteiger partial charge in [0.25, 0.3) is 0 Å². The van der Waals surface area contributed by atoms with E-state index in [2.05, 4.69) is 0 Å². The molecule has 6 nitrogen and oxygen atoms in total. The van der Waals surface area contributed by atoms with Crippen molar-refractivity contribution in [3.05, 3.63) is 95.1 Å². The van der Waals surface area contributed by atoms with Gasteiger partial charge in [-0.3, -0.25) is 9.13 Å². The van der Waals surface area contributed by atoms with Crippen LogP contribution < -0.4 is 10.6 Å².